The van der Waals surface area contributed by atoms with Gasteiger partial charge in [-0.05, 0) is 60.2 Å². The molecule has 0 aliphatic rings. The second-order valence-corrected chi connectivity index (χ2v) is 9.20. The predicted molar refractivity (Wildman–Crippen MR) is 131 cm³/mol. The van der Waals surface area contributed by atoms with E-state index in [1.165, 1.54) is 11.8 Å². The van der Waals surface area contributed by atoms with Gasteiger partial charge in [-0.25, -0.2) is 4.98 Å². The lowest BCUT2D eigenvalue weighted by Crippen LogP contribution is -2.13. The number of nitrogens with one attached hydrogen (secondary N) is 1. The monoisotopic (exact) mass is 467 g/mol. The number of aromatic nitrogens is 1. The summed E-state index contributed by atoms with van der Waals surface area (Å²) in [7, 11) is 1.61. The Labute approximate surface area is 193 Å². The third kappa shape index (κ3) is 5.85. The maximum atomic E-state index is 12.2. The Morgan fingerprint density at radius 3 is 2.68 bits per heavy atom. The van der Waals surface area contributed by atoms with Crippen molar-refractivity contribution in [1.29, 1.82) is 0 Å². The van der Waals surface area contributed by atoms with Crippen molar-refractivity contribution in [2.45, 2.75) is 4.34 Å². The van der Waals surface area contributed by atoms with Crippen LogP contribution in [0.25, 0.3) is 10.2 Å². The molecule has 5 nitrogen and oxygen atoms in total. The number of methoxy groups -OCH3 is 1. The van der Waals surface area contributed by atoms with E-state index in [4.69, 9.17) is 16.3 Å². The summed E-state index contributed by atoms with van der Waals surface area (Å²) in [5, 5.41) is 3.58. The molecule has 1 amide bonds. The lowest BCUT2D eigenvalue weighted by Gasteiger charge is -2.05. The van der Waals surface area contributed by atoms with Gasteiger partial charge in [0.05, 0.1) is 28.8 Å². The van der Waals surface area contributed by atoms with E-state index in [0.29, 0.717) is 5.02 Å². The van der Waals surface area contributed by atoms with Gasteiger partial charge in [-0.15, -0.1) is 11.3 Å². The summed E-state index contributed by atoms with van der Waals surface area (Å²) >= 11 is 8.88. The Morgan fingerprint density at radius 2 is 1.94 bits per heavy atom. The van der Waals surface area contributed by atoms with E-state index >= 15 is 0 Å². The van der Waals surface area contributed by atoms with E-state index in [-0.39, 0.29) is 11.7 Å². The van der Waals surface area contributed by atoms with E-state index in [0.717, 1.165) is 37.2 Å². The molecule has 1 heterocycles. The molecule has 8 heteroatoms. The number of halogens is 1. The summed E-state index contributed by atoms with van der Waals surface area (Å²) in [5.74, 6) is 0.953. The molecule has 0 fully saturated rings. The number of amides is 1. The number of rotatable bonds is 7. The largest absolute Gasteiger partial charge is 0.497 e. The fourth-order valence-electron chi connectivity index (χ4n) is 2.73. The van der Waals surface area contributed by atoms with Crippen LogP contribution in [-0.2, 0) is 4.79 Å². The summed E-state index contributed by atoms with van der Waals surface area (Å²) in [6.07, 6.45) is 1.80. The van der Waals surface area contributed by atoms with Crippen LogP contribution < -0.4 is 10.1 Å². The Balaban J connectivity index is 1.37. The second-order valence-electron chi connectivity index (χ2n) is 6.51. The van der Waals surface area contributed by atoms with Gasteiger partial charge < -0.3 is 10.1 Å². The minimum absolute atomic E-state index is 0.0809. The van der Waals surface area contributed by atoms with Crippen LogP contribution in [0.4, 0.5) is 11.4 Å². The number of anilines is 1. The van der Waals surface area contributed by atoms with Gasteiger partial charge >= 0.3 is 0 Å². The summed E-state index contributed by atoms with van der Waals surface area (Å²) in [6, 6.07) is 20.6. The number of aliphatic imine (C=N–C) groups is 1. The fourth-order valence-corrected chi connectivity index (χ4v) is 4.76. The van der Waals surface area contributed by atoms with Crippen LogP contribution in [0, 0.1) is 0 Å². The number of hydrogen-bond acceptors (Lipinski definition) is 6. The van der Waals surface area contributed by atoms with Crippen molar-refractivity contribution in [3.63, 3.8) is 0 Å². The molecule has 0 aliphatic carbocycles. The van der Waals surface area contributed by atoms with Crippen molar-refractivity contribution < 1.29 is 9.53 Å². The Hall–Kier alpha value is -2.87. The third-order valence-corrected chi connectivity index (χ3v) is 6.70. The number of ether oxygens (including phenoxy) is 1. The van der Waals surface area contributed by atoms with E-state index in [9.17, 15) is 4.79 Å². The average molecular weight is 468 g/mol. The van der Waals surface area contributed by atoms with Crippen molar-refractivity contribution in [2.75, 3.05) is 18.2 Å². The highest BCUT2D eigenvalue weighted by molar-refractivity contribution is 8.01. The van der Waals surface area contributed by atoms with Crippen LogP contribution in [0.3, 0.4) is 0 Å². The average Bonchev–Trinajstić information content (AvgIpc) is 3.20. The van der Waals surface area contributed by atoms with E-state index < -0.39 is 0 Å². The molecule has 0 saturated heterocycles. The summed E-state index contributed by atoms with van der Waals surface area (Å²) in [4.78, 5) is 21.4. The van der Waals surface area contributed by atoms with Crippen molar-refractivity contribution in [1.82, 2.24) is 4.98 Å². The SMILES string of the molecule is COc1ccc(NC(=O)CSc2nc3ccc(N=Cc4ccc(Cl)cc4)cc3s2)cc1. The molecule has 0 aliphatic heterocycles. The molecule has 0 spiro atoms. The molecule has 4 aromatic rings. The van der Waals surface area contributed by atoms with Crippen LogP contribution >= 0.6 is 34.7 Å². The molecule has 4 rings (SSSR count). The maximum Gasteiger partial charge on any atom is 0.234 e. The molecule has 1 N–H and O–H groups in total. The third-order valence-electron chi connectivity index (χ3n) is 4.29. The number of carbonyl (C=O) groups is 1. The summed E-state index contributed by atoms with van der Waals surface area (Å²) in [6.45, 7) is 0. The van der Waals surface area contributed by atoms with E-state index in [1.807, 2.05) is 66.7 Å². The number of fused-ring (bicyclic) bond motifs is 1. The molecular weight excluding hydrogens is 450 g/mol. The Morgan fingerprint density at radius 1 is 1.16 bits per heavy atom. The van der Waals surface area contributed by atoms with Crippen LogP contribution in [0.5, 0.6) is 5.75 Å². The predicted octanol–water partition coefficient (Wildman–Crippen LogP) is 6.44. The molecule has 3 aromatic carbocycles. The van der Waals surface area contributed by atoms with Crippen LogP contribution in [0.1, 0.15) is 5.56 Å². The highest BCUT2D eigenvalue weighted by Crippen LogP contribution is 2.32. The van der Waals surface area contributed by atoms with Gasteiger partial charge in [0.25, 0.3) is 0 Å². The maximum absolute atomic E-state index is 12.2. The van der Waals surface area contributed by atoms with Gasteiger partial charge in [-0.3, -0.25) is 9.79 Å². The van der Waals surface area contributed by atoms with Gasteiger partial charge in [0, 0.05) is 16.9 Å². The first-order valence-electron chi connectivity index (χ1n) is 9.36. The van der Waals surface area contributed by atoms with Crippen LogP contribution in [0.15, 0.2) is 76.1 Å². The molecule has 31 heavy (non-hydrogen) atoms. The molecule has 0 radical (unpaired) electrons. The van der Waals surface area contributed by atoms with Crippen molar-refractivity contribution in [2.24, 2.45) is 4.99 Å². The summed E-state index contributed by atoms with van der Waals surface area (Å²) in [5.41, 5.74) is 3.46. The topological polar surface area (TPSA) is 63.6 Å². The van der Waals surface area contributed by atoms with E-state index in [2.05, 4.69) is 15.3 Å². The second kappa shape index (κ2) is 9.96. The minimum atomic E-state index is -0.0809. The molecule has 0 bridgehead atoms. The highest BCUT2D eigenvalue weighted by atomic mass is 35.5. The van der Waals surface area contributed by atoms with Crippen molar-refractivity contribution in [3.05, 3.63) is 77.3 Å². The normalized spacial score (nSPS) is 11.2. The molecule has 156 valence electrons. The number of thiazole rings is 1. The standard InChI is InChI=1S/C23H18ClN3O2S2/c1-29-19-9-6-17(7-10-19)26-22(28)14-30-23-27-20-11-8-18(12-21(20)31-23)25-13-15-2-4-16(24)5-3-15/h2-13H,14H2,1H3,(H,26,28). The van der Waals surface area contributed by atoms with Crippen LogP contribution in [0.2, 0.25) is 5.02 Å². The minimum Gasteiger partial charge on any atom is -0.497 e. The van der Waals surface area contributed by atoms with Crippen molar-refractivity contribution >= 4 is 68.4 Å². The first-order valence-corrected chi connectivity index (χ1v) is 11.5. The van der Waals surface area contributed by atoms with Gasteiger partial charge in [-0.2, -0.15) is 0 Å². The zero-order chi connectivity index (χ0) is 21.6. The quantitative estimate of drug-likeness (QED) is 0.251. The lowest BCUT2D eigenvalue weighted by atomic mass is 10.2. The van der Waals surface area contributed by atoms with Gasteiger partial charge in [0.2, 0.25) is 5.91 Å². The fraction of sp³-hybridized carbons (Fsp3) is 0.0870. The molecule has 0 unspecified atom stereocenters. The number of nitrogens with zero attached hydrogens (tertiary/aromatic N) is 2. The molecular formula is C23H18ClN3O2S2. The number of carbonyl (C=O) groups excluding carboxylic acids is 1. The van der Waals surface area contributed by atoms with Crippen LogP contribution in [-0.4, -0.2) is 30.0 Å². The van der Waals surface area contributed by atoms with E-state index in [1.54, 1.807) is 24.7 Å². The highest BCUT2D eigenvalue weighted by Gasteiger charge is 2.09. The van der Waals surface area contributed by atoms with Crippen molar-refractivity contribution in [3.8, 4) is 5.75 Å². The zero-order valence-corrected chi connectivity index (χ0v) is 18.9. The smallest absolute Gasteiger partial charge is 0.234 e. The van der Waals surface area contributed by atoms with Gasteiger partial charge in [0.15, 0.2) is 4.34 Å². The van der Waals surface area contributed by atoms with Gasteiger partial charge in [0.1, 0.15) is 5.75 Å². The number of hydrogen-bond donors (Lipinski definition) is 1. The Bertz CT molecular complexity index is 1220. The first-order chi connectivity index (χ1) is 15.1. The number of thioether (sulfide) groups is 1. The summed E-state index contributed by atoms with van der Waals surface area (Å²) < 4.78 is 7.00. The first kappa shape index (κ1) is 21.4. The Kier molecular flexibility index (Phi) is 6.86. The zero-order valence-electron chi connectivity index (χ0n) is 16.5. The number of benzene rings is 3. The molecule has 0 atom stereocenters. The molecule has 0 saturated carbocycles. The van der Waals surface area contributed by atoms with Gasteiger partial charge in [-0.1, -0.05) is 35.5 Å². The molecule has 1 aromatic heterocycles. The lowest BCUT2D eigenvalue weighted by molar-refractivity contribution is -0.113.